The average Bonchev–Trinajstić information content (AvgIpc) is 2.95. The van der Waals surface area contributed by atoms with Gasteiger partial charge in [-0.25, -0.2) is 13.2 Å². The van der Waals surface area contributed by atoms with Gasteiger partial charge < -0.3 is 4.74 Å². The predicted molar refractivity (Wildman–Crippen MR) is 97.9 cm³/mol. The van der Waals surface area contributed by atoms with Gasteiger partial charge >= 0.3 is 5.97 Å². The second kappa shape index (κ2) is 6.48. The lowest BCUT2D eigenvalue weighted by atomic mass is 9.95. The molecule has 1 heterocycles. The maximum atomic E-state index is 12.2. The monoisotopic (exact) mass is 356 g/mol. The molecule has 0 spiro atoms. The summed E-state index contributed by atoms with van der Waals surface area (Å²) in [4.78, 5) is 12.5. The molecule has 0 saturated heterocycles. The van der Waals surface area contributed by atoms with Crippen molar-refractivity contribution in [2.75, 3.05) is 12.9 Å². The van der Waals surface area contributed by atoms with Crippen molar-refractivity contribution in [1.82, 2.24) is 0 Å². The van der Waals surface area contributed by atoms with E-state index in [9.17, 15) is 13.2 Å². The Balaban J connectivity index is 2.11. The molecule has 0 aliphatic carbocycles. The first-order valence-electron chi connectivity index (χ1n) is 8.12. The van der Waals surface area contributed by atoms with Crippen LogP contribution in [-0.2, 0) is 25.8 Å². The van der Waals surface area contributed by atoms with Crippen molar-refractivity contribution < 1.29 is 17.9 Å². The molecule has 25 heavy (non-hydrogen) atoms. The zero-order valence-electron chi connectivity index (χ0n) is 14.5. The first-order chi connectivity index (χ1) is 11.8. The number of benzene rings is 2. The van der Waals surface area contributed by atoms with Gasteiger partial charge in [-0.1, -0.05) is 43.3 Å². The molecule has 1 aliphatic heterocycles. The molecule has 0 radical (unpaired) electrons. The Bertz CT molecular complexity index is 967. The van der Waals surface area contributed by atoms with Gasteiger partial charge in [-0.3, -0.25) is 0 Å². The van der Waals surface area contributed by atoms with Gasteiger partial charge in [0.2, 0.25) is 0 Å². The highest BCUT2D eigenvalue weighted by molar-refractivity contribution is 7.90. The fraction of sp³-hybridized carbons (Fsp3) is 0.250. The van der Waals surface area contributed by atoms with Crippen LogP contribution in [0.2, 0.25) is 0 Å². The normalized spacial score (nSPS) is 14.8. The van der Waals surface area contributed by atoms with E-state index in [0.717, 1.165) is 23.1 Å². The van der Waals surface area contributed by atoms with Crippen molar-refractivity contribution in [2.24, 2.45) is 0 Å². The molecule has 2 aromatic rings. The summed E-state index contributed by atoms with van der Waals surface area (Å²) in [5.74, 6) is -0.343. The third-order valence-corrected chi connectivity index (χ3v) is 5.68. The molecular formula is C20H20O4S. The standard InChI is InChI=1S/C20H20O4S/c1-4-14-5-7-15(8-6-14)19-17(12-24-20(19)21)16-9-10-18(13(2)11-16)25(3,22)23/h5-11H,4,12H2,1-3H3. The second-order valence-corrected chi connectivity index (χ2v) is 8.22. The van der Waals surface area contributed by atoms with Crippen molar-refractivity contribution in [3.63, 3.8) is 0 Å². The molecule has 0 fully saturated rings. The zero-order chi connectivity index (χ0) is 18.2. The van der Waals surface area contributed by atoms with Crippen molar-refractivity contribution in [3.8, 4) is 0 Å². The molecule has 0 N–H and O–H groups in total. The molecule has 5 heteroatoms. The SMILES string of the molecule is CCc1ccc(C2=C(c3ccc(S(C)(=O)=O)c(C)c3)COC2=O)cc1. The van der Waals surface area contributed by atoms with Crippen LogP contribution in [0.1, 0.15) is 29.2 Å². The van der Waals surface area contributed by atoms with E-state index in [2.05, 4.69) is 6.92 Å². The van der Waals surface area contributed by atoms with Crippen LogP contribution in [0.25, 0.3) is 11.1 Å². The van der Waals surface area contributed by atoms with Gasteiger partial charge in [-0.15, -0.1) is 0 Å². The largest absolute Gasteiger partial charge is 0.457 e. The van der Waals surface area contributed by atoms with E-state index >= 15 is 0 Å². The number of carbonyl (C=O) groups is 1. The fourth-order valence-corrected chi connectivity index (χ4v) is 4.04. The highest BCUT2D eigenvalue weighted by Gasteiger charge is 2.27. The summed E-state index contributed by atoms with van der Waals surface area (Å²) in [6.45, 7) is 4.03. The summed E-state index contributed by atoms with van der Waals surface area (Å²) in [5, 5.41) is 0. The third kappa shape index (κ3) is 3.37. The molecule has 0 unspecified atom stereocenters. The van der Waals surface area contributed by atoms with E-state index in [1.807, 2.05) is 24.3 Å². The van der Waals surface area contributed by atoms with Gasteiger partial charge in [0.05, 0.1) is 10.5 Å². The van der Waals surface area contributed by atoms with Crippen LogP contribution < -0.4 is 0 Å². The Labute approximate surface area is 148 Å². The third-order valence-electron chi connectivity index (χ3n) is 4.43. The topological polar surface area (TPSA) is 60.4 Å². The van der Waals surface area contributed by atoms with Gasteiger partial charge in [0, 0.05) is 11.8 Å². The quantitative estimate of drug-likeness (QED) is 0.788. The van der Waals surface area contributed by atoms with Crippen molar-refractivity contribution in [3.05, 3.63) is 64.7 Å². The maximum Gasteiger partial charge on any atom is 0.339 e. The zero-order valence-corrected chi connectivity index (χ0v) is 15.3. The van der Waals surface area contributed by atoms with Crippen LogP contribution >= 0.6 is 0 Å². The molecule has 2 aromatic carbocycles. The van der Waals surface area contributed by atoms with Gasteiger partial charge in [0.15, 0.2) is 9.84 Å². The molecule has 3 rings (SSSR count). The van der Waals surface area contributed by atoms with Crippen molar-refractivity contribution in [1.29, 1.82) is 0 Å². The smallest absolute Gasteiger partial charge is 0.339 e. The van der Waals surface area contributed by atoms with E-state index in [1.54, 1.807) is 25.1 Å². The Morgan fingerprint density at radius 1 is 1.04 bits per heavy atom. The lowest BCUT2D eigenvalue weighted by molar-refractivity contribution is -0.133. The second-order valence-electron chi connectivity index (χ2n) is 6.23. The number of cyclic esters (lactones) is 1. The van der Waals surface area contributed by atoms with Crippen molar-refractivity contribution in [2.45, 2.75) is 25.2 Å². The molecule has 0 atom stereocenters. The number of carbonyl (C=O) groups excluding carboxylic acids is 1. The Hall–Kier alpha value is -2.40. The number of aryl methyl sites for hydroxylation is 2. The summed E-state index contributed by atoms with van der Waals surface area (Å²) < 4.78 is 28.8. The lowest BCUT2D eigenvalue weighted by Crippen LogP contribution is -2.01. The van der Waals surface area contributed by atoms with Crippen LogP contribution in [0.5, 0.6) is 0 Å². The molecule has 4 nitrogen and oxygen atoms in total. The van der Waals surface area contributed by atoms with Crippen molar-refractivity contribution >= 4 is 27.0 Å². The van der Waals surface area contributed by atoms with Gasteiger partial charge in [-0.2, -0.15) is 0 Å². The summed E-state index contributed by atoms with van der Waals surface area (Å²) in [5.41, 5.74) is 4.83. The number of sulfone groups is 1. The van der Waals surface area contributed by atoms with Crippen LogP contribution in [-0.4, -0.2) is 27.2 Å². The van der Waals surface area contributed by atoms with E-state index in [-0.39, 0.29) is 12.6 Å². The first-order valence-corrected chi connectivity index (χ1v) is 10.0. The Morgan fingerprint density at radius 3 is 2.24 bits per heavy atom. The average molecular weight is 356 g/mol. The Kier molecular flexibility index (Phi) is 4.52. The van der Waals surface area contributed by atoms with E-state index < -0.39 is 9.84 Å². The number of rotatable bonds is 4. The fourth-order valence-electron chi connectivity index (χ4n) is 3.09. The molecule has 0 bridgehead atoms. The number of hydrogen-bond donors (Lipinski definition) is 0. The Morgan fingerprint density at radius 2 is 1.68 bits per heavy atom. The minimum absolute atomic E-state index is 0.196. The lowest BCUT2D eigenvalue weighted by Gasteiger charge is -2.09. The molecule has 0 aromatic heterocycles. The molecule has 0 amide bonds. The maximum absolute atomic E-state index is 12.2. The number of ether oxygens (including phenoxy) is 1. The molecular weight excluding hydrogens is 336 g/mol. The summed E-state index contributed by atoms with van der Waals surface area (Å²) >= 11 is 0. The molecule has 130 valence electrons. The summed E-state index contributed by atoms with van der Waals surface area (Å²) in [6.07, 6.45) is 2.12. The summed E-state index contributed by atoms with van der Waals surface area (Å²) in [7, 11) is -3.27. The van der Waals surface area contributed by atoms with Gasteiger partial charge in [-0.05, 0) is 41.7 Å². The predicted octanol–water partition coefficient (Wildman–Crippen LogP) is 3.43. The molecule has 0 saturated carbocycles. The van der Waals surface area contributed by atoms with Crippen LogP contribution in [0.4, 0.5) is 0 Å². The summed E-state index contributed by atoms with van der Waals surface area (Å²) in [6, 6.07) is 13.0. The highest BCUT2D eigenvalue weighted by Crippen LogP contribution is 2.34. The van der Waals surface area contributed by atoms with E-state index in [4.69, 9.17) is 4.74 Å². The van der Waals surface area contributed by atoms with E-state index in [1.165, 1.54) is 11.8 Å². The highest BCUT2D eigenvalue weighted by atomic mass is 32.2. The van der Waals surface area contributed by atoms with Crippen LogP contribution in [0.15, 0.2) is 47.4 Å². The molecule has 1 aliphatic rings. The van der Waals surface area contributed by atoms with Gasteiger partial charge in [0.1, 0.15) is 6.61 Å². The number of esters is 1. The van der Waals surface area contributed by atoms with Gasteiger partial charge in [0.25, 0.3) is 0 Å². The first kappa shape index (κ1) is 17.4. The number of hydrogen-bond acceptors (Lipinski definition) is 4. The van der Waals surface area contributed by atoms with E-state index in [0.29, 0.717) is 16.0 Å². The van der Waals surface area contributed by atoms with Crippen LogP contribution in [0, 0.1) is 6.92 Å². The van der Waals surface area contributed by atoms with Crippen LogP contribution in [0.3, 0.4) is 0 Å². The minimum Gasteiger partial charge on any atom is -0.457 e. The minimum atomic E-state index is -3.27.